The van der Waals surface area contributed by atoms with E-state index in [4.69, 9.17) is 11.6 Å². The summed E-state index contributed by atoms with van der Waals surface area (Å²) in [6, 6.07) is 5.06. The molecule has 0 unspecified atom stereocenters. The molecule has 17 heavy (non-hydrogen) atoms. The molecule has 1 nitrogen and oxygen atoms in total. The van der Waals surface area contributed by atoms with Crippen molar-refractivity contribution in [2.45, 2.75) is 38.8 Å². The molecule has 0 heterocycles. The van der Waals surface area contributed by atoms with E-state index in [1.54, 1.807) is 12.1 Å². The van der Waals surface area contributed by atoms with E-state index >= 15 is 0 Å². The van der Waals surface area contributed by atoms with Gasteiger partial charge in [-0.3, -0.25) is 0 Å². The van der Waals surface area contributed by atoms with Crippen LogP contribution in [0.5, 0.6) is 0 Å². The molecule has 96 valence electrons. The summed E-state index contributed by atoms with van der Waals surface area (Å²) in [4.78, 5) is 0. The summed E-state index contributed by atoms with van der Waals surface area (Å²) in [5, 5.41) is 3.47. The van der Waals surface area contributed by atoms with Gasteiger partial charge in [-0.2, -0.15) is 0 Å². The van der Waals surface area contributed by atoms with Crippen molar-refractivity contribution in [3.63, 3.8) is 0 Å². The first-order valence-electron chi connectivity index (χ1n) is 5.82. The maximum absolute atomic E-state index is 13.1. The van der Waals surface area contributed by atoms with Gasteiger partial charge in [0, 0.05) is 18.0 Å². The van der Waals surface area contributed by atoms with Crippen LogP contribution in [0.4, 0.5) is 4.39 Å². The highest BCUT2D eigenvalue weighted by Crippen LogP contribution is 2.20. The summed E-state index contributed by atoms with van der Waals surface area (Å²) in [5.41, 5.74) is 1.03. The van der Waals surface area contributed by atoms with Gasteiger partial charge in [0.15, 0.2) is 0 Å². The fraction of sp³-hybridized carbons (Fsp3) is 0.538. The molecule has 4 heteroatoms. The summed E-state index contributed by atoms with van der Waals surface area (Å²) in [6.07, 6.45) is 1.96. The number of halogens is 3. The van der Waals surface area contributed by atoms with Gasteiger partial charge in [-0.25, -0.2) is 4.39 Å². The molecule has 0 spiro atoms. The Hall–Kier alpha value is -0.120. The molecule has 0 amide bonds. The minimum atomic E-state index is -0.233. The third-order valence-electron chi connectivity index (χ3n) is 3.26. The van der Waals surface area contributed by atoms with E-state index < -0.39 is 0 Å². The molecule has 1 N–H and O–H groups in total. The Balaban J connectivity index is 2.68. The maximum Gasteiger partial charge on any atom is 0.137 e. The van der Waals surface area contributed by atoms with Crippen molar-refractivity contribution < 1.29 is 4.39 Å². The van der Waals surface area contributed by atoms with Gasteiger partial charge in [-0.1, -0.05) is 19.9 Å². The van der Waals surface area contributed by atoms with E-state index in [1.165, 1.54) is 6.07 Å². The summed E-state index contributed by atoms with van der Waals surface area (Å²) in [6.45, 7) is 4.95. The van der Waals surface area contributed by atoms with Crippen molar-refractivity contribution in [3.8, 4) is 0 Å². The summed E-state index contributed by atoms with van der Waals surface area (Å²) in [5.74, 6) is 0.353. The zero-order chi connectivity index (χ0) is 12.9. The van der Waals surface area contributed by atoms with Crippen LogP contribution in [0.1, 0.15) is 32.3 Å². The third-order valence-corrected chi connectivity index (χ3v) is 4.38. The molecule has 1 aromatic carbocycles. The SMILES string of the molecule is CCC(CC)(CCl)NCc1ccc(F)c(Br)c1. The van der Waals surface area contributed by atoms with E-state index in [9.17, 15) is 4.39 Å². The topological polar surface area (TPSA) is 12.0 Å². The molecule has 0 saturated heterocycles. The number of nitrogens with one attached hydrogen (secondary N) is 1. The summed E-state index contributed by atoms with van der Waals surface area (Å²) < 4.78 is 13.6. The Kier molecular flexibility index (Phi) is 5.90. The van der Waals surface area contributed by atoms with Crippen LogP contribution in [-0.2, 0) is 6.54 Å². The van der Waals surface area contributed by atoms with Crippen LogP contribution in [0.2, 0.25) is 0 Å². The van der Waals surface area contributed by atoms with Crippen molar-refractivity contribution >= 4 is 27.5 Å². The van der Waals surface area contributed by atoms with Crippen LogP contribution in [0.15, 0.2) is 22.7 Å². The Labute approximate surface area is 116 Å². The zero-order valence-electron chi connectivity index (χ0n) is 10.2. The van der Waals surface area contributed by atoms with Crippen LogP contribution in [0, 0.1) is 5.82 Å². The van der Waals surface area contributed by atoms with Crippen LogP contribution in [-0.4, -0.2) is 11.4 Å². The van der Waals surface area contributed by atoms with Gasteiger partial charge >= 0.3 is 0 Å². The van der Waals surface area contributed by atoms with E-state index in [-0.39, 0.29) is 11.4 Å². The lowest BCUT2D eigenvalue weighted by Gasteiger charge is -2.31. The van der Waals surface area contributed by atoms with E-state index in [1.807, 2.05) is 0 Å². The monoisotopic (exact) mass is 321 g/mol. The molecule has 0 fully saturated rings. The Morgan fingerprint density at radius 3 is 2.47 bits per heavy atom. The molecule has 0 aromatic heterocycles. The third kappa shape index (κ3) is 3.94. The smallest absolute Gasteiger partial charge is 0.137 e. The predicted octanol–water partition coefficient (Wildman–Crippen LogP) is 4.48. The van der Waals surface area contributed by atoms with Gasteiger partial charge < -0.3 is 5.32 Å². The zero-order valence-corrected chi connectivity index (χ0v) is 12.5. The largest absolute Gasteiger partial charge is 0.306 e. The molecule has 0 aliphatic carbocycles. The van der Waals surface area contributed by atoms with Crippen LogP contribution in [0.3, 0.4) is 0 Å². The Morgan fingerprint density at radius 1 is 1.35 bits per heavy atom. The second kappa shape index (κ2) is 6.72. The minimum Gasteiger partial charge on any atom is -0.306 e. The molecule has 0 bridgehead atoms. The quantitative estimate of drug-likeness (QED) is 0.762. The molecule has 0 aliphatic heterocycles. The lowest BCUT2D eigenvalue weighted by atomic mass is 9.95. The van der Waals surface area contributed by atoms with Gasteiger partial charge in [-0.05, 0) is 46.5 Å². The highest BCUT2D eigenvalue weighted by molar-refractivity contribution is 9.10. The van der Waals surface area contributed by atoms with Crippen LogP contribution in [0.25, 0.3) is 0 Å². The minimum absolute atomic E-state index is 0.0254. The number of benzene rings is 1. The van der Waals surface area contributed by atoms with Gasteiger partial charge in [0.25, 0.3) is 0 Å². The second-order valence-electron chi connectivity index (χ2n) is 4.22. The Bertz CT molecular complexity index is 358. The normalized spacial score (nSPS) is 11.8. The van der Waals surface area contributed by atoms with Crippen molar-refractivity contribution in [2.75, 3.05) is 5.88 Å². The van der Waals surface area contributed by atoms with Crippen molar-refractivity contribution in [2.24, 2.45) is 0 Å². The number of alkyl halides is 1. The average Bonchev–Trinajstić information content (AvgIpc) is 2.36. The number of hydrogen-bond donors (Lipinski definition) is 1. The molecule has 0 radical (unpaired) electrons. The maximum atomic E-state index is 13.1. The number of hydrogen-bond acceptors (Lipinski definition) is 1. The second-order valence-corrected chi connectivity index (χ2v) is 5.34. The molecule has 1 aromatic rings. The highest BCUT2D eigenvalue weighted by Gasteiger charge is 2.23. The van der Waals surface area contributed by atoms with Crippen LogP contribution >= 0.6 is 27.5 Å². The Morgan fingerprint density at radius 2 is 2.00 bits per heavy atom. The average molecular weight is 323 g/mol. The van der Waals surface area contributed by atoms with Gasteiger partial charge in [0.2, 0.25) is 0 Å². The highest BCUT2D eigenvalue weighted by atomic mass is 79.9. The first kappa shape index (κ1) is 14.9. The summed E-state index contributed by atoms with van der Waals surface area (Å²) >= 11 is 9.20. The fourth-order valence-electron chi connectivity index (χ4n) is 1.68. The van der Waals surface area contributed by atoms with Crippen molar-refractivity contribution in [1.82, 2.24) is 5.32 Å². The summed E-state index contributed by atoms with van der Waals surface area (Å²) in [7, 11) is 0. The van der Waals surface area contributed by atoms with E-state index in [0.717, 1.165) is 18.4 Å². The molecule has 1 rings (SSSR count). The number of rotatable bonds is 6. The van der Waals surface area contributed by atoms with Gasteiger partial charge in [-0.15, -0.1) is 11.6 Å². The molecular formula is C13H18BrClFN. The first-order valence-corrected chi connectivity index (χ1v) is 7.14. The van der Waals surface area contributed by atoms with Crippen molar-refractivity contribution in [1.29, 1.82) is 0 Å². The van der Waals surface area contributed by atoms with Gasteiger partial charge in [0.05, 0.1) is 4.47 Å². The molecule has 0 saturated carbocycles. The lowest BCUT2D eigenvalue weighted by molar-refractivity contribution is 0.334. The van der Waals surface area contributed by atoms with Crippen LogP contribution < -0.4 is 5.32 Å². The molecule has 0 atom stereocenters. The predicted molar refractivity (Wildman–Crippen MR) is 75.0 cm³/mol. The standard InChI is InChI=1S/C13H18BrClFN/c1-3-13(4-2,9-15)17-8-10-5-6-12(16)11(14)7-10/h5-7,17H,3-4,8-9H2,1-2H3. The van der Waals surface area contributed by atoms with Gasteiger partial charge in [0.1, 0.15) is 5.82 Å². The lowest BCUT2D eigenvalue weighted by Crippen LogP contribution is -2.45. The van der Waals surface area contributed by atoms with Crippen molar-refractivity contribution in [3.05, 3.63) is 34.1 Å². The first-order chi connectivity index (χ1) is 8.06. The van der Waals surface area contributed by atoms with E-state index in [0.29, 0.717) is 16.9 Å². The molecule has 0 aliphatic rings. The molecular weight excluding hydrogens is 305 g/mol. The fourth-order valence-corrected chi connectivity index (χ4v) is 2.57. The van der Waals surface area contributed by atoms with E-state index in [2.05, 4.69) is 35.1 Å².